The van der Waals surface area contributed by atoms with Crippen molar-refractivity contribution in [2.75, 3.05) is 6.61 Å². The number of rotatable bonds is 2. The molecule has 6 saturated carbocycles. The maximum Gasteiger partial charge on any atom is 0.310 e. The third-order valence-corrected chi connectivity index (χ3v) is 17.6. The normalized spacial score (nSPS) is 53.7. The molecular formula is C38H62O3. The van der Waals surface area contributed by atoms with Gasteiger partial charge in [-0.2, -0.15) is 0 Å². The molecule has 7 rings (SSSR count). The van der Waals surface area contributed by atoms with Gasteiger partial charge in [-0.05, 0) is 126 Å². The van der Waals surface area contributed by atoms with Crippen molar-refractivity contribution in [1.82, 2.24) is 0 Å². The van der Waals surface area contributed by atoms with Crippen LogP contribution < -0.4 is 0 Å². The summed E-state index contributed by atoms with van der Waals surface area (Å²) in [6, 6.07) is 0. The van der Waals surface area contributed by atoms with Crippen molar-refractivity contribution in [3.8, 4) is 0 Å². The first-order valence-electron chi connectivity index (χ1n) is 17.6. The van der Waals surface area contributed by atoms with Gasteiger partial charge in [0.2, 0.25) is 0 Å². The highest BCUT2D eigenvalue weighted by Gasteiger charge is 2.73. The van der Waals surface area contributed by atoms with E-state index in [0.29, 0.717) is 39.1 Å². The second kappa shape index (κ2) is 8.17. The molecule has 3 nitrogen and oxygen atoms in total. The minimum atomic E-state index is 0.0158. The van der Waals surface area contributed by atoms with Crippen molar-refractivity contribution in [3.05, 3.63) is 0 Å². The Morgan fingerprint density at radius 2 is 1.34 bits per heavy atom. The smallest absolute Gasteiger partial charge is 0.310 e. The van der Waals surface area contributed by atoms with Crippen molar-refractivity contribution in [1.29, 1.82) is 0 Å². The monoisotopic (exact) mass is 566 g/mol. The Morgan fingerprint density at radius 1 is 0.683 bits per heavy atom. The topological polar surface area (TPSA) is 35.5 Å². The second-order valence-corrected chi connectivity index (χ2v) is 19.9. The van der Waals surface area contributed by atoms with Gasteiger partial charge in [-0.15, -0.1) is 0 Å². The van der Waals surface area contributed by atoms with E-state index in [0.717, 1.165) is 30.8 Å². The number of hydrogen-bond acceptors (Lipinski definition) is 3. The summed E-state index contributed by atoms with van der Waals surface area (Å²) in [5, 5.41) is 0. The molecule has 0 amide bonds. The molecule has 2 bridgehead atoms. The summed E-state index contributed by atoms with van der Waals surface area (Å²) in [6.45, 7) is 28.0. The Kier molecular flexibility index (Phi) is 5.81. The molecule has 10 atom stereocenters. The first kappa shape index (κ1) is 29.2. The Hall–Kier alpha value is -0.570. The van der Waals surface area contributed by atoms with E-state index < -0.39 is 0 Å². The zero-order chi connectivity index (χ0) is 29.8. The summed E-state index contributed by atoms with van der Waals surface area (Å²) in [5.41, 5.74) is 1.96. The maximum absolute atomic E-state index is 13.5. The molecule has 6 aliphatic carbocycles. The molecule has 0 spiro atoms. The highest BCUT2D eigenvalue weighted by Crippen LogP contribution is 2.78. The summed E-state index contributed by atoms with van der Waals surface area (Å²) in [4.78, 5) is 13.5. The number of carbonyl (C=O) groups is 1. The minimum Gasteiger partial charge on any atom is -0.462 e. The van der Waals surface area contributed by atoms with Crippen molar-refractivity contribution >= 4 is 5.97 Å². The van der Waals surface area contributed by atoms with Gasteiger partial charge in [0.1, 0.15) is 6.10 Å². The standard InChI is InChI=1S/C38H62O3/c1-31(2)18-20-38-21-19-36(10)23(27(38)29(31)40-22-38)12-13-25-35(9)16-15-26(32(3,4)24(35)14-17-37(25,36)11)41-30(39)28-33(5,6)34(28,7)8/h23-29H,12-22H2,1-11H3/t23?,24?,25?,26-,27?,29?,35-,36+,37+,38+/m0/s1. The van der Waals surface area contributed by atoms with Crippen LogP contribution in [0.4, 0.5) is 0 Å². The minimum absolute atomic E-state index is 0.0158. The van der Waals surface area contributed by atoms with Gasteiger partial charge >= 0.3 is 5.97 Å². The average Bonchev–Trinajstić information content (AvgIpc) is 3.12. The zero-order valence-electron chi connectivity index (χ0n) is 28.5. The Morgan fingerprint density at radius 3 is 2.00 bits per heavy atom. The summed E-state index contributed by atoms with van der Waals surface area (Å²) in [6.07, 6.45) is 13.7. The molecule has 7 fully saturated rings. The van der Waals surface area contributed by atoms with Crippen LogP contribution in [0, 0.1) is 72.9 Å². The van der Waals surface area contributed by atoms with Crippen LogP contribution in [0.1, 0.15) is 140 Å². The highest BCUT2D eigenvalue weighted by molar-refractivity contribution is 5.79. The zero-order valence-corrected chi connectivity index (χ0v) is 28.5. The van der Waals surface area contributed by atoms with Gasteiger partial charge in [0.15, 0.2) is 0 Å². The van der Waals surface area contributed by atoms with Crippen molar-refractivity contribution in [2.45, 2.75) is 153 Å². The molecule has 3 heteroatoms. The largest absolute Gasteiger partial charge is 0.462 e. The Balaban J connectivity index is 1.16. The molecular weight excluding hydrogens is 504 g/mol. The first-order chi connectivity index (χ1) is 18.8. The number of carbonyl (C=O) groups excluding carboxylic acids is 1. The van der Waals surface area contributed by atoms with Crippen LogP contribution in [0.3, 0.4) is 0 Å². The van der Waals surface area contributed by atoms with Gasteiger partial charge in [0, 0.05) is 5.41 Å². The van der Waals surface area contributed by atoms with Crippen LogP contribution in [0.25, 0.3) is 0 Å². The summed E-state index contributed by atoms with van der Waals surface area (Å²) in [7, 11) is 0. The van der Waals surface area contributed by atoms with Gasteiger partial charge in [-0.1, -0.05) is 76.2 Å². The molecule has 1 heterocycles. The van der Waals surface area contributed by atoms with Gasteiger partial charge in [0.05, 0.1) is 18.6 Å². The molecule has 7 aliphatic rings. The third kappa shape index (κ3) is 3.35. The van der Waals surface area contributed by atoms with Crippen LogP contribution in [-0.2, 0) is 14.3 Å². The van der Waals surface area contributed by atoms with E-state index in [-0.39, 0.29) is 34.2 Å². The van der Waals surface area contributed by atoms with Crippen LogP contribution in [0.15, 0.2) is 0 Å². The molecule has 0 N–H and O–H groups in total. The van der Waals surface area contributed by atoms with Crippen LogP contribution in [-0.4, -0.2) is 24.8 Å². The Bertz CT molecular complexity index is 1120. The molecule has 0 aromatic heterocycles. The lowest BCUT2D eigenvalue weighted by molar-refractivity contribution is -0.254. The van der Waals surface area contributed by atoms with Crippen molar-refractivity contribution < 1.29 is 14.3 Å². The lowest BCUT2D eigenvalue weighted by Gasteiger charge is -2.73. The maximum atomic E-state index is 13.5. The van der Waals surface area contributed by atoms with Gasteiger partial charge in [-0.3, -0.25) is 4.79 Å². The summed E-state index contributed by atoms with van der Waals surface area (Å²) in [5.74, 6) is 3.04. The van der Waals surface area contributed by atoms with E-state index >= 15 is 0 Å². The van der Waals surface area contributed by atoms with Crippen molar-refractivity contribution in [3.63, 3.8) is 0 Å². The lowest BCUT2D eigenvalue weighted by Crippen LogP contribution is -2.68. The molecule has 0 radical (unpaired) electrons. The predicted octanol–water partition coefficient (Wildman–Crippen LogP) is 9.47. The molecule has 5 unspecified atom stereocenters. The van der Waals surface area contributed by atoms with E-state index in [2.05, 4.69) is 76.2 Å². The van der Waals surface area contributed by atoms with E-state index in [1.165, 1.54) is 57.8 Å². The number of hydrogen-bond donors (Lipinski definition) is 0. The van der Waals surface area contributed by atoms with Gasteiger partial charge in [-0.25, -0.2) is 0 Å². The second-order valence-electron chi connectivity index (χ2n) is 19.9. The van der Waals surface area contributed by atoms with Gasteiger partial charge < -0.3 is 9.47 Å². The first-order valence-corrected chi connectivity index (χ1v) is 17.6. The van der Waals surface area contributed by atoms with Crippen LogP contribution in [0.5, 0.6) is 0 Å². The van der Waals surface area contributed by atoms with E-state index in [1.54, 1.807) is 0 Å². The molecule has 1 aliphatic heterocycles. The molecule has 0 aromatic rings. The predicted molar refractivity (Wildman–Crippen MR) is 165 cm³/mol. The molecule has 1 saturated heterocycles. The Labute approximate surface area is 252 Å². The highest BCUT2D eigenvalue weighted by atomic mass is 16.5. The fourth-order valence-electron chi connectivity index (χ4n) is 14.2. The van der Waals surface area contributed by atoms with Crippen molar-refractivity contribution in [2.24, 2.45) is 72.9 Å². The van der Waals surface area contributed by atoms with E-state index in [1.807, 2.05) is 0 Å². The third-order valence-electron chi connectivity index (χ3n) is 17.6. The summed E-state index contributed by atoms with van der Waals surface area (Å²) >= 11 is 0. The van der Waals surface area contributed by atoms with E-state index in [4.69, 9.17) is 9.47 Å². The van der Waals surface area contributed by atoms with Gasteiger partial charge in [0.25, 0.3) is 0 Å². The fraction of sp³-hybridized carbons (Fsp3) is 0.974. The lowest BCUT2D eigenvalue weighted by atomic mass is 9.31. The number of esters is 1. The molecule has 41 heavy (non-hydrogen) atoms. The molecule has 0 aromatic carbocycles. The number of ether oxygens (including phenoxy) is 2. The summed E-state index contributed by atoms with van der Waals surface area (Å²) < 4.78 is 13.3. The number of fused-ring (bicyclic) bond motifs is 5. The average molecular weight is 567 g/mol. The van der Waals surface area contributed by atoms with Crippen LogP contribution in [0.2, 0.25) is 0 Å². The SMILES string of the molecule is CC1(C)CC[C@]23CC[C@]4(C)C(CCC5[C@@]6(C)CC[C@H](OC(=O)C7C(C)(C)C7(C)C)C(C)(C)C6CC[C@]54C)C2C1OC3. The fourth-order valence-corrected chi connectivity index (χ4v) is 14.2. The quantitative estimate of drug-likeness (QED) is 0.312. The molecule has 232 valence electrons. The van der Waals surface area contributed by atoms with Crippen LogP contribution >= 0.6 is 0 Å². The van der Waals surface area contributed by atoms with E-state index in [9.17, 15) is 4.79 Å².